The quantitative estimate of drug-likeness (QED) is 0.470. The van der Waals surface area contributed by atoms with E-state index < -0.39 is 0 Å². The molecule has 1 fully saturated rings. The van der Waals surface area contributed by atoms with Crippen molar-refractivity contribution < 1.29 is 0 Å². The zero-order valence-corrected chi connectivity index (χ0v) is 9.16. The zero-order valence-electron chi connectivity index (χ0n) is 9.16. The average Bonchev–Trinajstić information content (AvgIpc) is 2.80. The monoisotopic (exact) mass is 181 g/mol. The summed E-state index contributed by atoms with van der Waals surface area (Å²) in [5.74, 6) is 0. The van der Waals surface area contributed by atoms with Crippen LogP contribution < -0.4 is 5.32 Å². The van der Waals surface area contributed by atoms with E-state index in [0.717, 1.165) is 13.0 Å². The Kier molecular flexibility index (Phi) is 3.98. The van der Waals surface area contributed by atoms with Gasteiger partial charge in [-0.2, -0.15) is 0 Å². The van der Waals surface area contributed by atoms with Crippen molar-refractivity contribution in [3.63, 3.8) is 0 Å². The summed E-state index contributed by atoms with van der Waals surface area (Å²) in [5.41, 5.74) is 1.98. The highest BCUT2D eigenvalue weighted by Crippen LogP contribution is 2.48. The highest BCUT2D eigenvalue weighted by atomic mass is 14.9. The van der Waals surface area contributed by atoms with Crippen molar-refractivity contribution in [3.8, 4) is 0 Å². The van der Waals surface area contributed by atoms with Gasteiger partial charge >= 0.3 is 0 Å². The van der Waals surface area contributed by atoms with Gasteiger partial charge in [-0.05, 0) is 44.6 Å². The molecular formula is C12H23N. The van der Waals surface area contributed by atoms with Crippen LogP contribution in [0, 0.1) is 5.41 Å². The number of rotatable bonds is 7. The molecule has 0 aromatic heterocycles. The van der Waals surface area contributed by atoms with Gasteiger partial charge in [-0.15, -0.1) is 6.58 Å². The fourth-order valence-electron chi connectivity index (χ4n) is 1.88. The van der Waals surface area contributed by atoms with Gasteiger partial charge in [-0.3, -0.25) is 0 Å². The van der Waals surface area contributed by atoms with Crippen molar-refractivity contribution in [2.75, 3.05) is 13.1 Å². The molecule has 1 aliphatic rings. The lowest BCUT2D eigenvalue weighted by Gasteiger charge is -2.14. The van der Waals surface area contributed by atoms with Gasteiger partial charge in [-0.1, -0.05) is 18.9 Å². The predicted molar refractivity (Wildman–Crippen MR) is 58.9 cm³/mol. The Morgan fingerprint density at radius 2 is 2.15 bits per heavy atom. The Bertz CT molecular complexity index is 168. The molecule has 76 valence electrons. The van der Waals surface area contributed by atoms with Crippen LogP contribution in [0.25, 0.3) is 0 Å². The Morgan fingerprint density at radius 1 is 1.46 bits per heavy atom. The summed E-state index contributed by atoms with van der Waals surface area (Å²) >= 11 is 0. The van der Waals surface area contributed by atoms with Crippen molar-refractivity contribution in [2.45, 2.75) is 46.0 Å². The van der Waals surface area contributed by atoms with Crippen LogP contribution in [0.15, 0.2) is 12.2 Å². The van der Waals surface area contributed by atoms with Gasteiger partial charge in [0.25, 0.3) is 0 Å². The minimum Gasteiger partial charge on any atom is -0.316 e. The van der Waals surface area contributed by atoms with Crippen LogP contribution in [0.1, 0.15) is 46.0 Å². The van der Waals surface area contributed by atoms with E-state index in [0.29, 0.717) is 5.41 Å². The molecule has 1 rings (SSSR count). The molecule has 0 bridgehead atoms. The molecular weight excluding hydrogens is 158 g/mol. The van der Waals surface area contributed by atoms with Crippen molar-refractivity contribution >= 4 is 0 Å². The van der Waals surface area contributed by atoms with Crippen molar-refractivity contribution in [2.24, 2.45) is 5.41 Å². The van der Waals surface area contributed by atoms with E-state index in [4.69, 9.17) is 0 Å². The van der Waals surface area contributed by atoms with E-state index in [2.05, 4.69) is 25.7 Å². The molecule has 0 aromatic carbocycles. The summed E-state index contributed by atoms with van der Waals surface area (Å²) in [7, 11) is 0. The number of hydrogen-bond donors (Lipinski definition) is 1. The molecule has 1 N–H and O–H groups in total. The first-order chi connectivity index (χ1) is 6.18. The summed E-state index contributed by atoms with van der Waals surface area (Å²) < 4.78 is 0. The van der Waals surface area contributed by atoms with Crippen LogP contribution in [0.3, 0.4) is 0 Å². The molecule has 0 aliphatic heterocycles. The third-order valence-corrected chi connectivity index (χ3v) is 2.97. The van der Waals surface area contributed by atoms with E-state index in [1.54, 1.807) is 0 Å². The van der Waals surface area contributed by atoms with E-state index in [9.17, 15) is 0 Å². The molecule has 1 heteroatoms. The first kappa shape index (κ1) is 10.8. The van der Waals surface area contributed by atoms with Crippen molar-refractivity contribution in [3.05, 3.63) is 12.2 Å². The third kappa shape index (κ3) is 3.95. The average molecular weight is 181 g/mol. The first-order valence-electron chi connectivity index (χ1n) is 5.54. The van der Waals surface area contributed by atoms with Crippen LogP contribution >= 0.6 is 0 Å². The molecule has 0 aromatic rings. The molecule has 13 heavy (non-hydrogen) atoms. The summed E-state index contributed by atoms with van der Waals surface area (Å²) in [4.78, 5) is 0. The highest BCUT2D eigenvalue weighted by Gasteiger charge is 2.40. The van der Waals surface area contributed by atoms with E-state index in [1.807, 2.05) is 0 Å². The van der Waals surface area contributed by atoms with Crippen LogP contribution in [0.2, 0.25) is 0 Å². The molecule has 1 aliphatic carbocycles. The number of nitrogens with one attached hydrogen (secondary N) is 1. The van der Waals surface area contributed by atoms with E-state index >= 15 is 0 Å². The maximum absolute atomic E-state index is 3.90. The standard InChI is InChI=1S/C12H23N/c1-4-6-12(7-8-12)10-13-9-5-11(2)3/h13H,2,4-10H2,1,3H3. The molecule has 0 spiro atoms. The normalized spacial score (nSPS) is 18.6. The lowest BCUT2D eigenvalue weighted by molar-refractivity contribution is 0.423. The van der Waals surface area contributed by atoms with E-state index in [1.165, 1.54) is 37.8 Å². The zero-order chi connectivity index (χ0) is 9.73. The minimum atomic E-state index is 0.698. The molecule has 0 heterocycles. The molecule has 1 saturated carbocycles. The molecule has 0 saturated heterocycles. The second kappa shape index (κ2) is 4.80. The van der Waals surface area contributed by atoms with Crippen molar-refractivity contribution in [1.29, 1.82) is 0 Å². The summed E-state index contributed by atoms with van der Waals surface area (Å²) in [5, 5.41) is 3.54. The van der Waals surface area contributed by atoms with E-state index in [-0.39, 0.29) is 0 Å². The largest absolute Gasteiger partial charge is 0.316 e. The lowest BCUT2D eigenvalue weighted by Crippen LogP contribution is -2.24. The maximum Gasteiger partial charge on any atom is 0.000794 e. The van der Waals surface area contributed by atoms with Gasteiger partial charge in [0.05, 0.1) is 0 Å². The second-order valence-corrected chi connectivity index (χ2v) is 4.63. The van der Waals surface area contributed by atoms with Gasteiger partial charge in [0.1, 0.15) is 0 Å². The Balaban J connectivity index is 2.02. The topological polar surface area (TPSA) is 12.0 Å². The first-order valence-corrected chi connectivity index (χ1v) is 5.54. The lowest BCUT2D eigenvalue weighted by atomic mass is 10.0. The Morgan fingerprint density at radius 3 is 2.62 bits per heavy atom. The second-order valence-electron chi connectivity index (χ2n) is 4.63. The highest BCUT2D eigenvalue weighted by molar-refractivity contribution is 4.95. The SMILES string of the molecule is C=C(C)CCNCC1(CCC)CC1. The summed E-state index contributed by atoms with van der Waals surface area (Å²) in [6, 6.07) is 0. The Hall–Kier alpha value is -0.300. The fraction of sp³-hybridized carbons (Fsp3) is 0.833. The number of hydrogen-bond acceptors (Lipinski definition) is 1. The van der Waals surface area contributed by atoms with Crippen molar-refractivity contribution in [1.82, 2.24) is 5.32 Å². The Labute approximate surface area is 82.6 Å². The van der Waals surface area contributed by atoms with Gasteiger partial charge in [0, 0.05) is 6.54 Å². The molecule has 0 radical (unpaired) electrons. The van der Waals surface area contributed by atoms with Crippen LogP contribution in [0.5, 0.6) is 0 Å². The minimum absolute atomic E-state index is 0.698. The van der Waals surface area contributed by atoms with Crippen LogP contribution in [0.4, 0.5) is 0 Å². The molecule has 0 unspecified atom stereocenters. The smallest absolute Gasteiger partial charge is 0.000794 e. The third-order valence-electron chi connectivity index (χ3n) is 2.97. The molecule has 0 amide bonds. The predicted octanol–water partition coefficient (Wildman–Crippen LogP) is 3.12. The maximum atomic E-state index is 3.90. The summed E-state index contributed by atoms with van der Waals surface area (Å²) in [6.45, 7) is 10.6. The van der Waals surface area contributed by atoms with Gasteiger partial charge in [-0.25, -0.2) is 0 Å². The van der Waals surface area contributed by atoms with Gasteiger partial charge < -0.3 is 5.32 Å². The van der Waals surface area contributed by atoms with Gasteiger partial charge in [0.15, 0.2) is 0 Å². The van der Waals surface area contributed by atoms with Gasteiger partial charge in [0.2, 0.25) is 0 Å². The molecule has 0 atom stereocenters. The molecule has 1 nitrogen and oxygen atoms in total. The fourth-order valence-corrected chi connectivity index (χ4v) is 1.88. The van der Waals surface area contributed by atoms with Crippen LogP contribution in [-0.4, -0.2) is 13.1 Å². The van der Waals surface area contributed by atoms with Crippen LogP contribution in [-0.2, 0) is 0 Å². The summed E-state index contributed by atoms with van der Waals surface area (Å²) in [6.07, 6.45) is 6.76.